The van der Waals surface area contributed by atoms with Crippen LogP contribution in [-0.4, -0.2) is 27.9 Å². The summed E-state index contributed by atoms with van der Waals surface area (Å²) >= 11 is 0. The van der Waals surface area contributed by atoms with Crippen LogP contribution in [0.5, 0.6) is 11.5 Å². The summed E-state index contributed by atoms with van der Waals surface area (Å²) in [5.74, 6) is 0.0203. The second-order valence-corrected chi connectivity index (χ2v) is 7.64. The monoisotopic (exact) mass is 407 g/mol. The minimum absolute atomic E-state index is 0.0410. The standard InChI is InChI=1S/C24H29N3O3/c1-6-7-21(19-13-18(15(2)3)22(28)14-23(19)29)27(24(30)25-4)17-8-9-20-16(12-17)10-11-26(20)5/h7-15,28-29H,6H2,1-5H3,(H,25,30). The predicted molar refractivity (Wildman–Crippen MR) is 122 cm³/mol. The smallest absolute Gasteiger partial charge is 0.326 e. The Hall–Kier alpha value is -3.41. The fraction of sp³-hybridized carbons (Fsp3) is 0.292. The highest BCUT2D eigenvalue weighted by Gasteiger charge is 2.24. The molecule has 0 atom stereocenters. The number of hydrogen-bond donors (Lipinski definition) is 3. The van der Waals surface area contributed by atoms with Gasteiger partial charge in [0.15, 0.2) is 0 Å². The van der Waals surface area contributed by atoms with Crippen LogP contribution in [0.1, 0.15) is 44.2 Å². The van der Waals surface area contributed by atoms with Crippen molar-refractivity contribution >= 4 is 28.3 Å². The number of phenolic OH excluding ortho intramolecular Hbond substituents is 2. The Labute approximate surface area is 177 Å². The number of carbonyl (C=O) groups is 1. The molecule has 0 saturated carbocycles. The van der Waals surface area contributed by atoms with Gasteiger partial charge in [-0.05, 0) is 48.2 Å². The minimum Gasteiger partial charge on any atom is -0.508 e. The number of nitrogens with zero attached hydrogens (tertiary/aromatic N) is 2. The van der Waals surface area contributed by atoms with E-state index in [9.17, 15) is 15.0 Å². The summed E-state index contributed by atoms with van der Waals surface area (Å²) in [5, 5.41) is 24.6. The number of nitrogens with one attached hydrogen (secondary N) is 1. The Morgan fingerprint density at radius 3 is 2.53 bits per heavy atom. The quantitative estimate of drug-likeness (QED) is 0.536. The highest BCUT2D eigenvalue weighted by Crippen LogP contribution is 2.39. The lowest BCUT2D eigenvalue weighted by atomic mass is 9.96. The summed E-state index contributed by atoms with van der Waals surface area (Å²) < 4.78 is 2.02. The van der Waals surface area contributed by atoms with Crippen molar-refractivity contribution in [3.05, 3.63) is 59.8 Å². The van der Waals surface area contributed by atoms with Crippen LogP contribution in [-0.2, 0) is 7.05 Å². The van der Waals surface area contributed by atoms with Gasteiger partial charge in [0.2, 0.25) is 0 Å². The summed E-state index contributed by atoms with van der Waals surface area (Å²) in [6.45, 7) is 5.92. The van der Waals surface area contributed by atoms with Crippen molar-refractivity contribution < 1.29 is 15.0 Å². The molecule has 0 bridgehead atoms. The van der Waals surface area contributed by atoms with Gasteiger partial charge in [0.25, 0.3) is 0 Å². The van der Waals surface area contributed by atoms with Gasteiger partial charge in [0.1, 0.15) is 11.5 Å². The largest absolute Gasteiger partial charge is 0.508 e. The second kappa shape index (κ2) is 8.53. The summed E-state index contributed by atoms with van der Waals surface area (Å²) in [6.07, 6.45) is 4.54. The lowest BCUT2D eigenvalue weighted by Crippen LogP contribution is -2.37. The molecular formula is C24H29N3O3. The van der Waals surface area contributed by atoms with E-state index in [-0.39, 0.29) is 23.4 Å². The number of phenols is 2. The number of amides is 2. The highest BCUT2D eigenvalue weighted by atomic mass is 16.3. The average molecular weight is 408 g/mol. The van der Waals surface area contributed by atoms with Crippen LogP contribution in [0.4, 0.5) is 10.5 Å². The number of rotatable bonds is 5. The van der Waals surface area contributed by atoms with Crippen LogP contribution in [0.25, 0.3) is 16.6 Å². The third kappa shape index (κ3) is 3.85. The van der Waals surface area contributed by atoms with Gasteiger partial charge in [-0.1, -0.05) is 26.8 Å². The van der Waals surface area contributed by atoms with Gasteiger partial charge >= 0.3 is 6.03 Å². The van der Waals surface area contributed by atoms with E-state index in [1.807, 2.05) is 68.9 Å². The molecule has 0 saturated heterocycles. The van der Waals surface area contributed by atoms with Gasteiger partial charge < -0.3 is 20.1 Å². The zero-order valence-electron chi connectivity index (χ0n) is 18.1. The summed E-state index contributed by atoms with van der Waals surface area (Å²) in [4.78, 5) is 14.5. The Morgan fingerprint density at radius 2 is 1.90 bits per heavy atom. The third-order valence-electron chi connectivity index (χ3n) is 5.23. The SMILES string of the molecule is CCC=C(c1cc(C(C)C)c(O)cc1O)N(C(=O)NC)c1ccc2c(ccn2C)c1. The molecule has 30 heavy (non-hydrogen) atoms. The van der Waals surface area contributed by atoms with Gasteiger partial charge in [-0.3, -0.25) is 4.90 Å². The zero-order valence-corrected chi connectivity index (χ0v) is 18.1. The van der Waals surface area contributed by atoms with Crippen molar-refractivity contribution in [2.45, 2.75) is 33.1 Å². The minimum atomic E-state index is -0.316. The Bertz CT molecular complexity index is 1110. The summed E-state index contributed by atoms with van der Waals surface area (Å²) in [6, 6.07) is 10.6. The zero-order chi connectivity index (χ0) is 22.0. The molecule has 3 aromatic rings. The average Bonchev–Trinajstić information content (AvgIpc) is 3.07. The first-order valence-corrected chi connectivity index (χ1v) is 10.1. The molecule has 2 amide bonds. The van der Waals surface area contributed by atoms with Gasteiger partial charge in [-0.2, -0.15) is 0 Å². The Balaban J connectivity index is 2.23. The third-order valence-corrected chi connectivity index (χ3v) is 5.23. The van der Waals surface area contributed by atoms with Crippen LogP contribution in [0.15, 0.2) is 48.7 Å². The van der Waals surface area contributed by atoms with Crippen LogP contribution < -0.4 is 10.2 Å². The van der Waals surface area contributed by atoms with E-state index in [0.29, 0.717) is 28.9 Å². The van der Waals surface area contributed by atoms with Crippen molar-refractivity contribution in [2.75, 3.05) is 11.9 Å². The maximum atomic E-state index is 13.0. The number of benzene rings is 2. The van der Waals surface area contributed by atoms with Crippen molar-refractivity contribution in [3.63, 3.8) is 0 Å². The fourth-order valence-electron chi connectivity index (χ4n) is 3.66. The van der Waals surface area contributed by atoms with Gasteiger partial charge in [-0.15, -0.1) is 0 Å². The first-order chi connectivity index (χ1) is 14.3. The van der Waals surface area contributed by atoms with E-state index in [1.54, 1.807) is 18.0 Å². The number of allylic oxidation sites excluding steroid dienone is 1. The van der Waals surface area contributed by atoms with E-state index in [2.05, 4.69) is 5.32 Å². The molecule has 3 rings (SSSR count). The number of anilines is 1. The maximum Gasteiger partial charge on any atom is 0.326 e. The lowest BCUT2D eigenvalue weighted by molar-refractivity contribution is 0.250. The van der Waals surface area contributed by atoms with Crippen LogP contribution >= 0.6 is 0 Å². The first kappa shape index (κ1) is 21.3. The van der Waals surface area contributed by atoms with Gasteiger partial charge in [-0.25, -0.2) is 4.79 Å². The van der Waals surface area contributed by atoms with Crippen LogP contribution in [0.2, 0.25) is 0 Å². The van der Waals surface area contributed by atoms with Crippen LogP contribution in [0, 0.1) is 0 Å². The number of urea groups is 1. The number of carbonyl (C=O) groups excluding carboxylic acids is 1. The molecule has 0 radical (unpaired) electrons. The molecule has 158 valence electrons. The number of aryl methyl sites for hydroxylation is 1. The van der Waals surface area contributed by atoms with Crippen LogP contribution in [0.3, 0.4) is 0 Å². The molecule has 6 heteroatoms. The molecule has 6 nitrogen and oxygen atoms in total. The number of aromatic nitrogens is 1. The van der Waals surface area contributed by atoms with E-state index in [0.717, 1.165) is 10.9 Å². The number of hydrogen-bond acceptors (Lipinski definition) is 3. The van der Waals surface area contributed by atoms with Crippen molar-refractivity contribution in [1.82, 2.24) is 9.88 Å². The molecule has 1 heterocycles. The van der Waals surface area contributed by atoms with E-state index < -0.39 is 0 Å². The van der Waals surface area contributed by atoms with E-state index in [4.69, 9.17) is 0 Å². The fourth-order valence-corrected chi connectivity index (χ4v) is 3.66. The maximum absolute atomic E-state index is 13.0. The van der Waals surface area contributed by atoms with Crippen molar-refractivity contribution in [2.24, 2.45) is 7.05 Å². The summed E-state index contributed by atoms with van der Waals surface area (Å²) in [5.41, 5.74) is 3.51. The molecule has 0 aliphatic heterocycles. The molecular weight excluding hydrogens is 378 g/mol. The summed E-state index contributed by atoms with van der Waals surface area (Å²) in [7, 11) is 3.55. The van der Waals surface area contributed by atoms with Crippen molar-refractivity contribution in [3.8, 4) is 11.5 Å². The normalized spacial score (nSPS) is 11.9. The molecule has 0 fully saturated rings. The van der Waals surface area contributed by atoms with E-state index >= 15 is 0 Å². The first-order valence-electron chi connectivity index (χ1n) is 10.1. The van der Waals surface area contributed by atoms with Gasteiger partial charge in [0, 0.05) is 42.8 Å². The highest BCUT2D eigenvalue weighted by molar-refractivity contribution is 6.07. The predicted octanol–water partition coefficient (Wildman–Crippen LogP) is 5.31. The molecule has 1 aromatic heterocycles. The Kier molecular flexibility index (Phi) is 6.06. The molecule has 0 spiro atoms. The molecule has 2 aromatic carbocycles. The lowest BCUT2D eigenvalue weighted by Gasteiger charge is -2.27. The second-order valence-electron chi connectivity index (χ2n) is 7.64. The molecule has 0 aliphatic carbocycles. The Morgan fingerprint density at radius 1 is 1.17 bits per heavy atom. The van der Waals surface area contributed by atoms with Crippen molar-refractivity contribution in [1.29, 1.82) is 0 Å². The van der Waals surface area contributed by atoms with E-state index in [1.165, 1.54) is 6.07 Å². The van der Waals surface area contributed by atoms with Gasteiger partial charge in [0.05, 0.1) is 11.4 Å². The molecule has 3 N–H and O–H groups in total. The topological polar surface area (TPSA) is 77.7 Å². The number of fused-ring (bicyclic) bond motifs is 1. The molecule has 0 aliphatic rings. The number of aromatic hydroxyl groups is 2. The molecule has 0 unspecified atom stereocenters.